The Kier molecular flexibility index (Phi) is 4.16. The van der Waals surface area contributed by atoms with Crippen LogP contribution in [0.25, 0.3) is 16.7 Å². The highest BCUT2D eigenvalue weighted by atomic mass is 35.5. The zero-order valence-corrected chi connectivity index (χ0v) is 15.4. The molecule has 0 N–H and O–H groups in total. The highest BCUT2D eigenvalue weighted by Gasteiger charge is 2.17. The molecule has 8 heteroatoms. The van der Waals surface area contributed by atoms with Gasteiger partial charge in [0.1, 0.15) is 0 Å². The van der Waals surface area contributed by atoms with Crippen LogP contribution in [-0.2, 0) is 18.4 Å². The van der Waals surface area contributed by atoms with Gasteiger partial charge in [0, 0.05) is 7.05 Å². The molecule has 0 saturated heterocycles. The van der Waals surface area contributed by atoms with Crippen LogP contribution in [0.1, 0.15) is 21.7 Å². The van der Waals surface area contributed by atoms with E-state index in [1.54, 1.807) is 35.7 Å². The van der Waals surface area contributed by atoms with Gasteiger partial charge in [-0.3, -0.25) is 13.8 Å². The van der Waals surface area contributed by atoms with Crippen molar-refractivity contribution in [1.82, 2.24) is 19.2 Å². The molecule has 27 heavy (non-hydrogen) atoms. The lowest BCUT2D eigenvalue weighted by Gasteiger charge is -2.09. The third kappa shape index (κ3) is 2.86. The fourth-order valence-electron chi connectivity index (χ4n) is 2.99. The maximum Gasteiger partial charge on any atom is 0.340 e. The van der Waals surface area contributed by atoms with Crippen LogP contribution in [0.5, 0.6) is 0 Å². The summed E-state index contributed by atoms with van der Waals surface area (Å²) in [5, 5.41) is 9.04. The summed E-state index contributed by atoms with van der Waals surface area (Å²) >= 11 is 6.03. The zero-order valence-electron chi connectivity index (χ0n) is 14.6. The van der Waals surface area contributed by atoms with E-state index in [4.69, 9.17) is 16.3 Å². The van der Waals surface area contributed by atoms with Crippen molar-refractivity contribution >= 4 is 34.3 Å². The molecule has 0 spiro atoms. The van der Waals surface area contributed by atoms with E-state index in [-0.39, 0.29) is 17.7 Å². The number of aryl methyl sites for hydroxylation is 2. The number of carbonyl (C=O) groups excluding carboxylic acids is 1. The molecule has 0 radical (unpaired) electrons. The second kappa shape index (κ2) is 6.51. The van der Waals surface area contributed by atoms with Crippen molar-refractivity contribution in [3.8, 4) is 0 Å². The van der Waals surface area contributed by atoms with Crippen LogP contribution >= 0.6 is 11.6 Å². The summed E-state index contributed by atoms with van der Waals surface area (Å²) in [6.45, 7) is 1.81. The summed E-state index contributed by atoms with van der Waals surface area (Å²) in [6, 6.07) is 12.2. The summed E-state index contributed by atoms with van der Waals surface area (Å²) < 4.78 is 8.51. The lowest BCUT2D eigenvalue weighted by Crippen LogP contribution is -2.20. The molecule has 136 valence electrons. The number of halogens is 1. The molecule has 0 unspecified atom stereocenters. The van der Waals surface area contributed by atoms with Crippen molar-refractivity contribution in [3.05, 3.63) is 74.8 Å². The second-order valence-corrected chi connectivity index (χ2v) is 6.60. The molecular formula is C19H15ClN4O3. The molecule has 0 aliphatic heterocycles. The summed E-state index contributed by atoms with van der Waals surface area (Å²) in [6.07, 6.45) is 0. The first-order chi connectivity index (χ1) is 13.0. The fourth-order valence-corrected chi connectivity index (χ4v) is 3.20. The molecular weight excluding hydrogens is 368 g/mol. The Labute approximate surface area is 158 Å². The molecule has 2 aromatic carbocycles. The lowest BCUT2D eigenvalue weighted by atomic mass is 10.1. The van der Waals surface area contributed by atoms with E-state index in [0.29, 0.717) is 27.5 Å². The quantitative estimate of drug-likeness (QED) is 0.509. The van der Waals surface area contributed by atoms with E-state index in [1.165, 1.54) is 4.57 Å². The first kappa shape index (κ1) is 17.2. The minimum atomic E-state index is -0.553. The molecule has 7 nitrogen and oxygen atoms in total. The molecule has 0 saturated carbocycles. The lowest BCUT2D eigenvalue weighted by molar-refractivity contribution is 0.0461. The van der Waals surface area contributed by atoms with Crippen LogP contribution in [0.15, 0.2) is 47.3 Å². The molecule has 0 fully saturated rings. The Morgan fingerprint density at radius 1 is 1.19 bits per heavy atom. The Balaban J connectivity index is 1.77. The van der Waals surface area contributed by atoms with Crippen molar-refractivity contribution in [1.29, 1.82) is 0 Å². The van der Waals surface area contributed by atoms with Crippen molar-refractivity contribution in [2.75, 3.05) is 0 Å². The summed E-state index contributed by atoms with van der Waals surface area (Å²) in [5.41, 5.74) is 1.75. The average Bonchev–Trinajstić information content (AvgIpc) is 3.08. The monoisotopic (exact) mass is 382 g/mol. The molecule has 0 amide bonds. The predicted octanol–water partition coefficient (Wildman–Crippen LogP) is 2.90. The number of ether oxygens (including phenoxy) is 1. The average molecular weight is 383 g/mol. The first-order valence-corrected chi connectivity index (χ1v) is 8.60. The highest BCUT2D eigenvalue weighted by Crippen LogP contribution is 2.18. The summed E-state index contributed by atoms with van der Waals surface area (Å²) in [7, 11) is 1.63. The Morgan fingerprint density at radius 2 is 1.96 bits per heavy atom. The number of hydrogen-bond acceptors (Lipinski definition) is 5. The maximum atomic E-state index is 12.6. The van der Waals surface area contributed by atoms with E-state index in [2.05, 4.69) is 10.2 Å². The van der Waals surface area contributed by atoms with Gasteiger partial charge in [-0.05, 0) is 31.2 Å². The molecule has 0 atom stereocenters. The Bertz CT molecular complexity index is 1260. The SMILES string of the molecule is Cc1ccc2c(c1)c(=O)n(C)c1nnc(COC(=O)c3ccccc3Cl)n21. The molecule has 0 aliphatic rings. The molecule has 2 aromatic heterocycles. The van der Waals surface area contributed by atoms with Crippen molar-refractivity contribution in [2.45, 2.75) is 13.5 Å². The topological polar surface area (TPSA) is 78.5 Å². The van der Waals surface area contributed by atoms with Gasteiger partial charge < -0.3 is 4.74 Å². The number of benzene rings is 2. The summed E-state index contributed by atoms with van der Waals surface area (Å²) in [5.74, 6) is 0.234. The highest BCUT2D eigenvalue weighted by molar-refractivity contribution is 6.33. The number of aromatic nitrogens is 4. The van der Waals surface area contributed by atoms with Gasteiger partial charge in [-0.1, -0.05) is 35.4 Å². The maximum absolute atomic E-state index is 12.6. The number of hydrogen-bond donors (Lipinski definition) is 0. The number of rotatable bonds is 3. The standard InChI is InChI=1S/C19H15ClN4O3/c1-11-7-8-15-13(9-11)17(25)23(2)19-22-21-16(24(15)19)10-27-18(26)12-5-3-4-6-14(12)20/h3-9H,10H2,1-2H3. The minimum Gasteiger partial charge on any atom is -0.454 e. The Morgan fingerprint density at radius 3 is 2.74 bits per heavy atom. The van der Waals surface area contributed by atoms with E-state index in [9.17, 15) is 9.59 Å². The zero-order chi connectivity index (χ0) is 19.1. The molecule has 0 bridgehead atoms. The summed E-state index contributed by atoms with van der Waals surface area (Å²) in [4.78, 5) is 24.9. The Hall–Kier alpha value is -3.19. The molecule has 4 aromatic rings. The van der Waals surface area contributed by atoms with Crippen molar-refractivity contribution in [2.24, 2.45) is 7.05 Å². The minimum absolute atomic E-state index is 0.105. The van der Waals surface area contributed by atoms with Gasteiger partial charge in [-0.15, -0.1) is 10.2 Å². The van der Waals surface area contributed by atoms with Crippen LogP contribution < -0.4 is 5.56 Å². The first-order valence-electron chi connectivity index (χ1n) is 8.22. The van der Waals surface area contributed by atoms with E-state index < -0.39 is 5.97 Å². The molecule has 2 heterocycles. The number of esters is 1. The van der Waals surface area contributed by atoms with Gasteiger partial charge in [-0.2, -0.15) is 0 Å². The number of carbonyl (C=O) groups is 1. The third-order valence-electron chi connectivity index (χ3n) is 4.37. The van der Waals surface area contributed by atoms with Crippen LogP contribution in [-0.4, -0.2) is 25.1 Å². The second-order valence-electron chi connectivity index (χ2n) is 6.19. The van der Waals surface area contributed by atoms with Gasteiger partial charge in [-0.25, -0.2) is 4.79 Å². The van der Waals surface area contributed by atoms with Crippen LogP contribution in [0.2, 0.25) is 5.02 Å². The van der Waals surface area contributed by atoms with Crippen LogP contribution in [0, 0.1) is 6.92 Å². The number of nitrogens with zero attached hydrogens (tertiary/aromatic N) is 4. The van der Waals surface area contributed by atoms with E-state index in [0.717, 1.165) is 5.56 Å². The fraction of sp³-hybridized carbons (Fsp3) is 0.158. The van der Waals surface area contributed by atoms with Gasteiger partial charge in [0.2, 0.25) is 5.78 Å². The van der Waals surface area contributed by atoms with Crippen LogP contribution in [0.4, 0.5) is 0 Å². The van der Waals surface area contributed by atoms with E-state index in [1.807, 2.05) is 25.1 Å². The third-order valence-corrected chi connectivity index (χ3v) is 4.70. The normalized spacial score (nSPS) is 11.2. The largest absolute Gasteiger partial charge is 0.454 e. The van der Waals surface area contributed by atoms with Crippen molar-refractivity contribution in [3.63, 3.8) is 0 Å². The number of fused-ring (bicyclic) bond motifs is 3. The smallest absolute Gasteiger partial charge is 0.340 e. The van der Waals surface area contributed by atoms with E-state index >= 15 is 0 Å². The van der Waals surface area contributed by atoms with Gasteiger partial charge >= 0.3 is 5.97 Å². The predicted molar refractivity (Wildman–Crippen MR) is 101 cm³/mol. The van der Waals surface area contributed by atoms with Gasteiger partial charge in [0.15, 0.2) is 12.4 Å². The molecule has 0 aliphatic carbocycles. The molecule has 4 rings (SSSR count). The van der Waals surface area contributed by atoms with Crippen molar-refractivity contribution < 1.29 is 9.53 Å². The van der Waals surface area contributed by atoms with Crippen LogP contribution in [0.3, 0.4) is 0 Å². The van der Waals surface area contributed by atoms with Gasteiger partial charge in [0.05, 0.1) is 21.5 Å². The van der Waals surface area contributed by atoms with Gasteiger partial charge in [0.25, 0.3) is 5.56 Å².